The fourth-order valence-electron chi connectivity index (χ4n) is 2.97. The van der Waals surface area contributed by atoms with Crippen molar-refractivity contribution in [2.75, 3.05) is 13.1 Å². The number of hydrogen-bond donors (Lipinski definition) is 1. The molecule has 1 amide bonds. The zero-order valence-electron chi connectivity index (χ0n) is 12.8. The Morgan fingerprint density at radius 1 is 1.45 bits per heavy atom. The highest BCUT2D eigenvalue weighted by Crippen LogP contribution is 2.20. The van der Waals surface area contributed by atoms with Crippen molar-refractivity contribution < 1.29 is 19.1 Å². The van der Waals surface area contributed by atoms with Gasteiger partial charge in [0.05, 0.1) is 5.92 Å². The third-order valence-corrected chi connectivity index (χ3v) is 4.12. The van der Waals surface area contributed by atoms with Gasteiger partial charge in [-0.15, -0.1) is 0 Å². The van der Waals surface area contributed by atoms with Crippen molar-refractivity contribution in [1.29, 1.82) is 0 Å². The number of benzene rings is 1. The smallest absolute Gasteiger partial charge is 0.308 e. The lowest BCUT2D eigenvalue weighted by molar-refractivity contribution is -0.145. The van der Waals surface area contributed by atoms with Crippen LogP contribution in [0.4, 0.5) is 4.39 Å². The molecule has 2 atom stereocenters. The van der Waals surface area contributed by atoms with Crippen LogP contribution in [0.15, 0.2) is 24.3 Å². The van der Waals surface area contributed by atoms with Gasteiger partial charge in [-0.25, -0.2) is 4.39 Å². The van der Waals surface area contributed by atoms with E-state index in [0.717, 1.165) is 12.0 Å². The number of piperidine rings is 1. The number of hydrogen-bond acceptors (Lipinski definition) is 2. The topological polar surface area (TPSA) is 57.6 Å². The van der Waals surface area contributed by atoms with E-state index in [9.17, 15) is 14.0 Å². The van der Waals surface area contributed by atoms with Crippen LogP contribution in [-0.4, -0.2) is 35.0 Å². The number of carboxylic acid groups (broad SMARTS) is 1. The average molecular weight is 307 g/mol. The molecular formula is C17H22FNO3. The number of carbonyl (C=O) groups excluding carboxylic acids is 1. The van der Waals surface area contributed by atoms with E-state index in [1.807, 2.05) is 13.0 Å². The van der Waals surface area contributed by atoms with Gasteiger partial charge in [-0.3, -0.25) is 9.59 Å². The second-order valence-corrected chi connectivity index (χ2v) is 6.16. The molecule has 120 valence electrons. The van der Waals surface area contributed by atoms with Gasteiger partial charge in [0, 0.05) is 19.5 Å². The molecular weight excluding hydrogens is 285 g/mol. The number of carboxylic acids is 1. The summed E-state index contributed by atoms with van der Waals surface area (Å²) in [7, 11) is 0. The molecule has 1 aromatic carbocycles. The monoisotopic (exact) mass is 307 g/mol. The maximum absolute atomic E-state index is 13.2. The van der Waals surface area contributed by atoms with Crippen LogP contribution in [0.3, 0.4) is 0 Å². The highest BCUT2D eigenvalue weighted by atomic mass is 19.1. The number of nitrogens with zero attached hydrogens (tertiary/aromatic N) is 1. The van der Waals surface area contributed by atoms with E-state index in [0.29, 0.717) is 32.4 Å². The van der Waals surface area contributed by atoms with E-state index in [4.69, 9.17) is 5.11 Å². The quantitative estimate of drug-likeness (QED) is 0.910. The summed E-state index contributed by atoms with van der Waals surface area (Å²) in [5, 5.41) is 9.07. The van der Waals surface area contributed by atoms with Crippen LogP contribution in [0.5, 0.6) is 0 Å². The van der Waals surface area contributed by atoms with Crippen molar-refractivity contribution in [3.63, 3.8) is 0 Å². The molecule has 0 aromatic heterocycles. The van der Waals surface area contributed by atoms with Gasteiger partial charge < -0.3 is 10.0 Å². The Hall–Kier alpha value is -1.91. The van der Waals surface area contributed by atoms with Crippen molar-refractivity contribution in [2.45, 2.75) is 32.6 Å². The van der Waals surface area contributed by atoms with E-state index in [2.05, 4.69) is 0 Å². The predicted octanol–water partition coefficient (Wildman–Crippen LogP) is 2.72. The summed E-state index contributed by atoms with van der Waals surface area (Å²) in [4.78, 5) is 25.0. The number of carbonyl (C=O) groups is 2. The lowest BCUT2D eigenvalue weighted by atomic mass is 9.95. The third-order valence-electron chi connectivity index (χ3n) is 4.12. The summed E-state index contributed by atoms with van der Waals surface area (Å²) in [5.41, 5.74) is 0.877. The molecule has 1 N–H and O–H groups in total. The number of amides is 1. The minimum absolute atomic E-state index is 0.00477. The molecule has 2 rings (SSSR count). The Kier molecular flexibility index (Phi) is 5.52. The first-order valence-electron chi connectivity index (χ1n) is 7.70. The first-order chi connectivity index (χ1) is 10.5. The molecule has 1 aliphatic rings. The fraction of sp³-hybridized carbons (Fsp3) is 0.529. The number of rotatable bonds is 5. The molecule has 0 saturated carbocycles. The summed E-state index contributed by atoms with van der Waals surface area (Å²) in [6.07, 6.45) is 2.38. The largest absolute Gasteiger partial charge is 0.481 e. The zero-order chi connectivity index (χ0) is 16.1. The van der Waals surface area contributed by atoms with E-state index < -0.39 is 11.9 Å². The highest BCUT2D eigenvalue weighted by Gasteiger charge is 2.28. The van der Waals surface area contributed by atoms with E-state index >= 15 is 0 Å². The van der Waals surface area contributed by atoms with Crippen LogP contribution >= 0.6 is 0 Å². The van der Waals surface area contributed by atoms with Gasteiger partial charge in [0.25, 0.3) is 0 Å². The number of halogens is 1. The minimum Gasteiger partial charge on any atom is -0.481 e. The first-order valence-corrected chi connectivity index (χ1v) is 7.70. The molecule has 1 fully saturated rings. The lowest BCUT2D eigenvalue weighted by Crippen LogP contribution is -2.42. The summed E-state index contributed by atoms with van der Waals surface area (Å²) >= 11 is 0. The van der Waals surface area contributed by atoms with Crippen molar-refractivity contribution in [1.82, 2.24) is 4.90 Å². The third kappa shape index (κ3) is 4.55. The summed E-state index contributed by atoms with van der Waals surface area (Å²) in [6.45, 7) is 2.90. The van der Waals surface area contributed by atoms with Gasteiger partial charge in [-0.1, -0.05) is 19.1 Å². The van der Waals surface area contributed by atoms with Crippen molar-refractivity contribution in [2.24, 2.45) is 11.8 Å². The van der Waals surface area contributed by atoms with Crippen LogP contribution in [-0.2, 0) is 16.0 Å². The van der Waals surface area contributed by atoms with Crippen molar-refractivity contribution >= 4 is 11.9 Å². The van der Waals surface area contributed by atoms with Gasteiger partial charge in [0.15, 0.2) is 0 Å². The van der Waals surface area contributed by atoms with E-state index in [1.165, 1.54) is 12.1 Å². The van der Waals surface area contributed by atoms with E-state index in [-0.39, 0.29) is 17.6 Å². The molecule has 1 aliphatic heterocycles. The molecule has 0 bridgehead atoms. The molecule has 1 heterocycles. The Morgan fingerprint density at radius 3 is 2.91 bits per heavy atom. The molecule has 22 heavy (non-hydrogen) atoms. The number of aliphatic carboxylic acids is 1. The molecule has 4 nitrogen and oxygen atoms in total. The van der Waals surface area contributed by atoms with Crippen molar-refractivity contribution in [3.05, 3.63) is 35.6 Å². The van der Waals surface area contributed by atoms with Crippen molar-refractivity contribution in [3.8, 4) is 0 Å². The molecule has 0 spiro atoms. The molecule has 0 aliphatic carbocycles. The van der Waals surface area contributed by atoms with Gasteiger partial charge in [-0.2, -0.15) is 0 Å². The van der Waals surface area contributed by atoms with Gasteiger partial charge in [0.2, 0.25) is 5.91 Å². The van der Waals surface area contributed by atoms with Crippen LogP contribution in [0.25, 0.3) is 0 Å². The number of likely N-dealkylation sites (tertiary alicyclic amines) is 1. The second kappa shape index (κ2) is 7.38. The normalized spacial score (nSPS) is 19.7. The van der Waals surface area contributed by atoms with Gasteiger partial charge in [-0.05, 0) is 42.9 Å². The molecule has 1 aromatic rings. The maximum Gasteiger partial charge on any atom is 0.308 e. The van der Waals surface area contributed by atoms with Gasteiger partial charge >= 0.3 is 5.97 Å². The first kappa shape index (κ1) is 16.5. The van der Waals surface area contributed by atoms with Crippen LogP contribution in [0.2, 0.25) is 0 Å². The Morgan fingerprint density at radius 2 is 2.23 bits per heavy atom. The van der Waals surface area contributed by atoms with Crippen LogP contribution in [0.1, 0.15) is 31.7 Å². The highest BCUT2D eigenvalue weighted by molar-refractivity contribution is 5.78. The van der Waals surface area contributed by atoms with Crippen LogP contribution < -0.4 is 0 Å². The average Bonchev–Trinajstić information content (AvgIpc) is 2.47. The summed E-state index contributed by atoms with van der Waals surface area (Å²) < 4.78 is 13.2. The standard InChI is InChI=1S/C17H22FNO3/c1-12(8-13-4-2-6-15(18)10-13)9-16(20)19-7-3-5-14(11-19)17(21)22/h2,4,6,10,12,14H,3,5,7-9,11H2,1H3,(H,21,22). The summed E-state index contributed by atoms with van der Waals surface area (Å²) in [6, 6.07) is 6.41. The molecule has 2 unspecified atom stereocenters. The Bertz CT molecular complexity index is 546. The SMILES string of the molecule is CC(CC(=O)N1CCCC(C(=O)O)C1)Cc1cccc(F)c1. The van der Waals surface area contributed by atoms with Gasteiger partial charge in [0.1, 0.15) is 5.82 Å². The Balaban J connectivity index is 1.86. The second-order valence-electron chi connectivity index (χ2n) is 6.16. The Labute approximate surface area is 129 Å². The summed E-state index contributed by atoms with van der Waals surface area (Å²) in [5.74, 6) is -1.45. The molecule has 5 heteroatoms. The molecule has 1 saturated heterocycles. The zero-order valence-corrected chi connectivity index (χ0v) is 12.8. The minimum atomic E-state index is -0.828. The fourth-order valence-corrected chi connectivity index (χ4v) is 2.97. The van der Waals surface area contributed by atoms with Crippen LogP contribution in [0, 0.1) is 17.7 Å². The van der Waals surface area contributed by atoms with E-state index in [1.54, 1.807) is 11.0 Å². The molecule has 0 radical (unpaired) electrons. The maximum atomic E-state index is 13.2. The lowest BCUT2D eigenvalue weighted by Gasteiger charge is -2.31. The predicted molar refractivity (Wildman–Crippen MR) is 80.8 cm³/mol.